The number of methoxy groups -OCH3 is 1. The molecule has 0 aromatic heterocycles. The number of ether oxygens (including phenoxy) is 1. The van der Waals surface area contributed by atoms with Crippen molar-refractivity contribution in [2.75, 3.05) is 39.8 Å². The van der Waals surface area contributed by atoms with Gasteiger partial charge in [-0.3, -0.25) is 14.5 Å². The molecule has 0 aliphatic carbocycles. The van der Waals surface area contributed by atoms with E-state index in [-0.39, 0.29) is 24.3 Å². The van der Waals surface area contributed by atoms with Gasteiger partial charge in [-0.2, -0.15) is 0 Å². The van der Waals surface area contributed by atoms with Gasteiger partial charge in [-0.25, -0.2) is 4.79 Å². The summed E-state index contributed by atoms with van der Waals surface area (Å²) in [6.07, 6.45) is 0.764. The molecule has 7 nitrogen and oxygen atoms in total. The SMILES string of the molecule is CC[C@H](C)[C@@H](NC(=O)CN1CCN(C(=O)c2ccccc2)CC1)C(=O)OC. The molecule has 1 N–H and O–H groups in total. The third-order valence-electron chi connectivity index (χ3n) is 5.03. The van der Waals surface area contributed by atoms with E-state index in [9.17, 15) is 14.4 Å². The number of hydrogen-bond donors (Lipinski definition) is 1. The maximum absolute atomic E-state index is 12.5. The fourth-order valence-electron chi connectivity index (χ4n) is 3.09. The van der Waals surface area contributed by atoms with Gasteiger partial charge < -0.3 is 15.0 Å². The van der Waals surface area contributed by atoms with Crippen LogP contribution in [0.1, 0.15) is 30.6 Å². The van der Waals surface area contributed by atoms with Gasteiger partial charge >= 0.3 is 5.97 Å². The lowest BCUT2D eigenvalue weighted by atomic mass is 9.99. The Morgan fingerprint density at radius 3 is 2.30 bits per heavy atom. The van der Waals surface area contributed by atoms with Crippen molar-refractivity contribution in [2.45, 2.75) is 26.3 Å². The predicted octanol–water partition coefficient (Wildman–Crippen LogP) is 1.15. The number of nitrogens with zero attached hydrogens (tertiary/aromatic N) is 2. The average Bonchev–Trinajstić information content (AvgIpc) is 2.71. The molecule has 1 aliphatic rings. The molecule has 2 rings (SSSR count). The van der Waals surface area contributed by atoms with E-state index in [0.29, 0.717) is 31.7 Å². The molecular weight excluding hydrogens is 346 g/mol. The highest BCUT2D eigenvalue weighted by Crippen LogP contribution is 2.11. The van der Waals surface area contributed by atoms with Crippen LogP contribution in [0.2, 0.25) is 0 Å². The average molecular weight is 375 g/mol. The summed E-state index contributed by atoms with van der Waals surface area (Å²) in [5.41, 5.74) is 0.679. The van der Waals surface area contributed by atoms with Crippen LogP contribution in [-0.2, 0) is 14.3 Å². The predicted molar refractivity (Wildman–Crippen MR) is 102 cm³/mol. The third-order valence-corrected chi connectivity index (χ3v) is 5.03. The summed E-state index contributed by atoms with van der Waals surface area (Å²) in [6.45, 7) is 6.49. The van der Waals surface area contributed by atoms with Gasteiger partial charge in [-0.1, -0.05) is 38.5 Å². The van der Waals surface area contributed by atoms with Gasteiger partial charge in [0.05, 0.1) is 13.7 Å². The minimum absolute atomic E-state index is 0.00161. The molecule has 0 spiro atoms. The Hall–Kier alpha value is -2.41. The van der Waals surface area contributed by atoms with Crippen LogP contribution in [-0.4, -0.2) is 73.5 Å². The van der Waals surface area contributed by atoms with Crippen LogP contribution in [0.5, 0.6) is 0 Å². The highest BCUT2D eigenvalue weighted by Gasteiger charge is 2.28. The largest absolute Gasteiger partial charge is 0.467 e. The standard InChI is InChI=1S/C20H29N3O4/c1-4-15(2)18(20(26)27-3)21-17(24)14-22-10-12-23(13-11-22)19(25)16-8-6-5-7-9-16/h5-9,15,18H,4,10-14H2,1-3H3,(H,21,24)/t15-,18+/m0/s1. The summed E-state index contributed by atoms with van der Waals surface area (Å²) >= 11 is 0. The Balaban J connectivity index is 1.83. The number of rotatable bonds is 7. The monoisotopic (exact) mass is 375 g/mol. The lowest BCUT2D eigenvalue weighted by Crippen LogP contribution is -2.53. The van der Waals surface area contributed by atoms with Crippen molar-refractivity contribution < 1.29 is 19.1 Å². The Labute approximate surface area is 160 Å². The van der Waals surface area contributed by atoms with E-state index < -0.39 is 12.0 Å². The number of piperazine rings is 1. The van der Waals surface area contributed by atoms with Crippen molar-refractivity contribution in [3.05, 3.63) is 35.9 Å². The minimum Gasteiger partial charge on any atom is -0.467 e. The Morgan fingerprint density at radius 1 is 1.11 bits per heavy atom. The lowest BCUT2D eigenvalue weighted by molar-refractivity contribution is -0.146. The molecular formula is C20H29N3O4. The molecule has 0 radical (unpaired) electrons. The summed E-state index contributed by atoms with van der Waals surface area (Å²) in [7, 11) is 1.33. The zero-order valence-corrected chi connectivity index (χ0v) is 16.3. The van der Waals surface area contributed by atoms with E-state index in [1.807, 2.05) is 49.1 Å². The van der Waals surface area contributed by atoms with Gasteiger partial charge in [0.1, 0.15) is 6.04 Å². The van der Waals surface area contributed by atoms with E-state index in [2.05, 4.69) is 5.32 Å². The molecule has 148 valence electrons. The lowest BCUT2D eigenvalue weighted by Gasteiger charge is -2.34. The number of nitrogens with one attached hydrogen (secondary N) is 1. The molecule has 2 amide bonds. The molecule has 1 aromatic rings. The zero-order valence-electron chi connectivity index (χ0n) is 16.3. The highest BCUT2D eigenvalue weighted by molar-refractivity contribution is 5.94. The molecule has 1 aromatic carbocycles. The molecule has 1 saturated heterocycles. The highest BCUT2D eigenvalue weighted by atomic mass is 16.5. The van der Waals surface area contributed by atoms with Crippen molar-refractivity contribution >= 4 is 17.8 Å². The summed E-state index contributed by atoms with van der Waals surface area (Å²) < 4.78 is 4.80. The first-order valence-electron chi connectivity index (χ1n) is 9.40. The zero-order chi connectivity index (χ0) is 19.8. The van der Waals surface area contributed by atoms with Crippen molar-refractivity contribution in [3.63, 3.8) is 0 Å². The van der Waals surface area contributed by atoms with E-state index in [0.717, 1.165) is 6.42 Å². The van der Waals surface area contributed by atoms with E-state index in [4.69, 9.17) is 4.74 Å². The van der Waals surface area contributed by atoms with Gasteiger partial charge in [0.25, 0.3) is 5.91 Å². The van der Waals surface area contributed by atoms with Gasteiger partial charge in [0, 0.05) is 31.7 Å². The summed E-state index contributed by atoms with van der Waals surface area (Å²) in [6, 6.07) is 8.57. The molecule has 0 saturated carbocycles. The van der Waals surface area contributed by atoms with Crippen LogP contribution in [0.15, 0.2) is 30.3 Å². The second kappa shape index (κ2) is 10.1. The molecule has 0 bridgehead atoms. The smallest absolute Gasteiger partial charge is 0.328 e. The topological polar surface area (TPSA) is 79.0 Å². The van der Waals surface area contributed by atoms with Crippen molar-refractivity contribution in [1.29, 1.82) is 0 Å². The van der Waals surface area contributed by atoms with Crippen LogP contribution < -0.4 is 5.32 Å². The molecule has 1 aliphatic heterocycles. The third kappa shape index (κ3) is 5.79. The first-order chi connectivity index (χ1) is 13.0. The second-order valence-corrected chi connectivity index (χ2v) is 6.89. The van der Waals surface area contributed by atoms with Crippen LogP contribution in [0.3, 0.4) is 0 Å². The minimum atomic E-state index is -0.631. The van der Waals surface area contributed by atoms with Gasteiger partial charge in [0.2, 0.25) is 5.91 Å². The Kier molecular flexibility index (Phi) is 7.79. The normalized spacial score (nSPS) is 17.1. The van der Waals surface area contributed by atoms with Crippen LogP contribution in [0, 0.1) is 5.92 Å². The maximum Gasteiger partial charge on any atom is 0.328 e. The number of benzene rings is 1. The number of esters is 1. The van der Waals surface area contributed by atoms with E-state index in [1.165, 1.54) is 7.11 Å². The van der Waals surface area contributed by atoms with Gasteiger partial charge in [-0.15, -0.1) is 0 Å². The molecule has 27 heavy (non-hydrogen) atoms. The van der Waals surface area contributed by atoms with Gasteiger partial charge in [-0.05, 0) is 18.1 Å². The first-order valence-corrected chi connectivity index (χ1v) is 9.40. The number of hydrogen-bond acceptors (Lipinski definition) is 5. The fraction of sp³-hybridized carbons (Fsp3) is 0.550. The maximum atomic E-state index is 12.5. The van der Waals surface area contributed by atoms with Crippen molar-refractivity contribution in [2.24, 2.45) is 5.92 Å². The number of carbonyl (C=O) groups excluding carboxylic acids is 3. The quantitative estimate of drug-likeness (QED) is 0.723. The molecule has 1 heterocycles. The Bertz CT molecular complexity index is 642. The molecule has 2 atom stereocenters. The van der Waals surface area contributed by atoms with Crippen molar-refractivity contribution in [3.8, 4) is 0 Å². The Morgan fingerprint density at radius 2 is 1.74 bits per heavy atom. The summed E-state index contributed by atoms with van der Waals surface area (Å²) in [4.78, 5) is 40.5. The fourth-order valence-corrected chi connectivity index (χ4v) is 3.09. The summed E-state index contributed by atoms with van der Waals surface area (Å²) in [5.74, 6) is -0.603. The number of carbonyl (C=O) groups is 3. The summed E-state index contributed by atoms with van der Waals surface area (Å²) in [5, 5.41) is 2.79. The van der Waals surface area contributed by atoms with Crippen LogP contribution in [0.4, 0.5) is 0 Å². The van der Waals surface area contributed by atoms with Crippen LogP contribution in [0.25, 0.3) is 0 Å². The second-order valence-electron chi connectivity index (χ2n) is 6.89. The first kappa shape index (κ1) is 20.9. The molecule has 0 unspecified atom stereocenters. The van der Waals surface area contributed by atoms with E-state index in [1.54, 1.807) is 4.90 Å². The van der Waals surface area contributed by atoms with Gasteiger partial charge in [0.15, 0.2) is 0 Å². The molecule has 1 fully saturated rings. The van der Waals surface area contributed by atoms with E-state index >= 15 is 0 Å². The molecule has 7 heteroatoms. The van der Waals surface area contributed by atoms with Crippen LogP contribution >= 0.6 is 0 Å². The number of amides is 2. The van der Waals surface area contributed by atoms with Crippen molar-refractivity contribution in [1.82, 2.24) is 15.1 Å².